The van der Waals surface area contributed by atoms with Crippen molar-refractivity contribution in [3.8, 4) is 0 Å². The molecule has 9 nitrogen and oxygen atoms in total. The monoisotopic (exact) mass is 789 g/mol. The van der Waals surface area contributed by atoms with E-state index < -0.39 is 0 Å². The lowest BCUT2D eigenvalue weighted by Crippen LogP contribution is -2.30. The second-order valence-corrected chi connectivity index (χ2v) is 17.8. The van der Waals surface area contributed by atoms with E-state index >= 15 is 0 Å². The fourth-order valence-corrected chi connectivity index (χ4v) is 4.86. The SMILES string of the molecule is CC(C)CC(=O)CCCOCCOCCNC(C)C.CC(C)CC(=O)NCCCNC(C)C.CC(C)CCCCNC(C)C.CC(C)CCCCOC(C)C. The number of rotatable bonds is 32. The lowest BCUT2D eigenvalue weighted by Gasteiger charge is -2.09. The van der Waals surface area contributed by atoms with E-state index in [4.69, 9.17) is 14.2 Å². The normalized spacial score (nSPS) is 11.3. The Bertz CT molecular complexity index is 731. The summed E-state index contributed by atoms with van der Waals surface area (Å²) in [5.41, 5.74) is 0. The number of carbonyl (C=O) groups excluding carboxylic acids is 2. The molecule has 9 heteroatoms. The predicted molar refractivity (Wildman–Crippen MR) is 240 cm³/mol. The predicted octanol–water partition coefficient (Wildman–Crippen LogP) is 10.00. The summed E-state index contributed by atoms with van der Waals surface area (Å²) in [6.07, 6.45) is 12.1. The molecule has 4 N–H and O–H groups in total. The molecule has 0 aliphatic rings. The number of nitrogens with one attached hydrogen (secondary N) is 4. The van der Waals surface area contributed by atoms with Crippen molar-refractivity contribution in [2.75, 3.05) is 59.2 Å². The minimum Gasteiger partial charge on any atom is -0.379 e. The molecule has 0 aromatic heterocycles. The van der Waals surface area contributed by atoms with Gasteiger partial charge in [-0.2, -0.15) is 0 Å². The number of amides is 1. The molecule has 334 valence electrons. The number of carbonyl (C=O) groups is 2. The molecular weight excluding hydrogens is 689 g/mol. The Kier molecular flexibility index (Phi) is 50.2. The van der Waals surface area contributed by atoms with Gasteiger partial charge in [0.1, 0.15) is 5.78 Å². The van der Waals surface area contributed by atoms with E-state index in [1.165, 1.54) is 45.1 Å². The van der Waals surface area contributed by atoms with E-state index in [0.29, 0.717) is 87.5 Å². The Morgan fingerprint density at radius 2 is 0.909 bits per heavy atom. The summed E-state index contributed by atoms with van der Waals surface area (Å²) in [4.78, 5) is 22.6. The first kappa shape index (κ1) is 60.6. The van der Waals surface area contributed by atoms with Gasteiger partial charge < -0.3 is 35.5 Å². The summed E-state index contributed by atoms with van der Waals surface area (Å²) < 4.78 is 16.3. The summed E-state index contributed by atoms with van der Waals surface area (Å²) in [7, 11) is 0. The second-order valence-electron chi connectivity index (χ2n) is 17.8. The minimum absolute atomic E-state index is 0.171. The van der Waals surface area contributed by atoms with E-state index in [1.54, 1.807) is 0 Å². The first-order valence-electron chi connectivity index (χ1n) is 22.5. The number of ketones is 1. The largest absolute Gasteiger partial charge is 0.379 e. The van der Waals surface area contributed by atoms with Crippen molar-refractivity contribution < 1.29 is 23.8 Å². The van der Waals surface area contributed by atoms with Gasteiger partial charge in [-0.1, -0.05) is 123 Å². The van der Waals surface area contributed by atoms with Crippen molar-refractivity contribution in [2.45, 2.75) is 206 Å². The average Bonchev–Trinajstić information content (AvgIpc) is 3.04. The molecule has 0 bridgehead atoms. The molecule has 0 unspecified atom stereocenters. The molecule has 0 fully saturated rings. The first-order valence-corrected chi connectivity index (χ1v) is 22.5. The highest BCUT2D eigenvalue weighted by atomic mass is 16.5. The maximum atomic E-state index is 11.4. The van der Waals surface area contributed by atoms with Crippen LogP contribution < -0.4 is 21.3 Å². The molecule has 0 saturated carbocycles. The van der Waals surface area contributed by atoms with E-state index in [9.17, 15) is 9.59 Å². The van der Waals surface area contributed by atoms with Crippen LogP contribution in [0.15, 0.2) is 0 Å². The van der Waals surface area contributed by atoms with E-state index in [1.807, 2.05) is 0 Å². The van der Waals surface area contributed by atoms with Crippen LogP contribution in [-0.4, -0.2) is 95.1 Å². The summed E-state index contributed by atoms with van der Waals surface area (Å²) in [6.45, 7) is 41.8. The quantitative estimate of drug-likeness (QED) is 0.0499. The highest BCUT2D eigenvalue weighted by Gasteiger charge is 2.05. The Morgan fingerprint density at radius 1 is 0.436 bits per heavy atom. The average molecular weight is 789 g/mol. The van der Waals surface area contributed by atoms with Crippen LogP contribution in [0.1, 0.15) is 181 Å². The number of hydrogen-bond acceptors (Lipinski definition) is 8. The lowest BCUT2D eigenvalue weighted by molar-refractivity contribution is -0.122. The van der Waals surface area contributed by atoms with Crippen LogP contribution in [0.3, 0.4) is 0 Å². The van der Waals surface area contributed by atoms with Crippen LogP contribution in [0.25, 0.3) is 0 Å². The zero-order valence-corrected chi connectivity index (χ0v) is 39.8. The molecule has 0 rings (SSSR count). The summed E-state index contributed by atoms with van der Waals surface area (Å²) in [5, 5.41) is 12.9. The van der Waals surface area contributed by atoms with Gasteiger partial charge in [-0.25, -0.2) is 0 Å². The van der Waals surface area contributed by atoms with Crippen LogP contribution in [0.4, 0.5) is 0 Å². The van der Waals surface area contributed by atoms with Crippen LogP contribution in [0, 0.1) is 23.7 Å². The minimum atomic E-state index is 0.171. The highest BCUT2D eigenvalue weighted by molar-refractivity contribution is 5.78. The van der Waals surface area contributed by atoms with E-state index in [-0.39, 0.29) is 5.91 Å². The molecule has 0 aromatic carbocycles. The molecule has 0 heterocycles. The molecule has 0 aliphatic carbocycles. The molecule has 0 spiro atoms. The van der Waals surface area contributed by atoms with Crippen molar-refractivity contribution in [3.05, 3.63) is 0 Å². The Hall–Kier alpha value is -1.10. The van der Waals surface area contributed by atoms with Gasteiger partial charge in [0.25, 0.3) is 0 Å². The van der Waals surface area contributed by atoms with Crippen molar-refractivity contribution in [2.24, 2.45) is 23.7 Å². The molecule has 0 atom stereocenters. The number of unbranched alkanes of at least 4 members (excludes halogenated alkanes) is 2. The van der Waals surface area contributed by atoms with Crippen molar-refractivity contribution in [1.29, 1.82) is 0 Å². The third-order valence-electron chi connectivity index (χ3n) is 7.76. The van der Waals surface area contributed by atoms with Crippen LogP contribution >= 0.6 is 0 Å². The van der Waals surface area contributed by atoms with Gasteiger partial charge in [0.05, 0.1) is 25.9 Å². The first-order chi connectivity index (χ1) is 25.8. The number of ether oxygens (including phenoxy) is 3. The lowest BCUT2D eigenvalue weighted by atomic mass is 10.0. The smallest absolute Gasteiger partial charge is 0.220 e. The Balaban J connectivity index is -0.000000324. The van der Waals surface area contributed by atoms with Gasteiger partial charge in [0.15, 0.2) is 0 Å². The van der Waals surface area contributed by atoms with Gasteiger partial charge in [-0.15, -0.1) is 0 Å². The van der Waals surface area contributed by atoms with Gasteiger partial charge in [0, 0.05) is 63.7 Å². The van der Waals surface area contributed by atoms with E-state index in [0.717, 1.165) is 50.9 Å². The maximum Gasteiger partial charge on any atom is 0.220 e. The van der Waals surface area contributed by atoms with Gasteiger partial charge >= 0.3 is 0 Å². The van der Waals surface area contributed by atoms with Gasteiger partial charge in [0.2, 0.25) is 5.91 Å². The standard InChI is InChI=1S/C15H31NO3.C11H24N2O.C10H23N.C10H22O/c1-13(2)12-15(17)6-5-8-18-10-11-19-9-7-16-14(3)4;1-9(2)8-11(14)13-7-5-6-12-10(3)4;2*1-9(2)7-5-6-8-11-10(3)4/h13-14,16H,5-12H2,1-4H3;9-10,12H,5-8H2,1-4H3,(H,13,14);9-11H,5-8H2,1-4H3;9-10H,5-8H2,1-4H3. The second kappa shape index (κ2) is 45.6. The third kappa shape index (κ3) is 71.1. The number of hydrogen-bond donors (Lipinski definition) is 4. The maximum absolute atomic E-state index is 11.4. The topological polar surface area (TPSA) is 110 Å². The fraction of sp³-hybridized carbons (Fsp3) is 0.957. The molecule has 0 aliphatic heterocycles. The fourth-order valence-electron chi connectivity index (χ4n) is 4.86. The van der Waals surface area contributed by atoms with Gasteiger partial charge in [-0.3, -0.25) is 9.59 Å². The molecule has 1 amide bonds. The molecule has 55 heavy (non-hydrogen) atoms. The number of Topliss-reactive ketones (excluding diaryl/α,β-unsaturated/α-hetero) is 1. The summed E-state index contributed by atoms with van der Waals surface area (Å²) >= 11 is 0. The molecule has 0 aromatic rings. The van der Waals surface area contributed by atoms with Gasteiger partial charge in [-0.05, 0) is 76.3 Å². The van der Waals surface area contributed by atoms with Crippen LogP contribution in [0.2, 0.25) is 0 Å². The van der Waals surface area contributed by atoms with Crippen molar-refractivity contribution in [1.82, 2.24) is 21.3 Å². The Morgan fingerprint density at radius 3 is 1.38 bits per heavy atom. The van der Waals surface area contributed by atoms with Crippen LogP contribution in [0.5, 0.6) is 0 Å². The van der Waals surface area contributed by atoms with Crippen molar-refractivity contribution in [3.63, 3.8) is 0 Å². The van der Waals surface area contributed by atoms with Crippen LogP contribution in [-0.2, 0) is 23.8 Å². The Labute approximate surface area is 344 Å². The summed E-state index contributed by atoms with van der Waals surface area (Å²) in [5.74, 6) is 3.13. The zero-order chi connectivity index (χ0) is 42.9. The van der Waals surface area contributed by atoms with E-state index in [2.05, 4.69) is 132 Å². The molecule has 0 saturated heterocycles. The third-order valence-corrected chi connectivity index (χ3v) is 7.76. The molecule has 0 radical (unpaired) electrons. The molecular formula is C46H100N4O5. The summed E-state index contributed by atoms with van der Waals surface area (Å²) in [6, 6.07) is 1.68. The van der Waals surface area contributed by atoms with Crippen molar-refractivity contribution >= 4 is 11.7 Å². The highest BCUT2D eigenvalue weighted by Crippen LogP contribution is 2.07. The zero-order valence-electron chi connectivity index (χ0n) is 39.8.